The van der Waals surface area contributed by atoms with Crippen molar-refractivity contribution in [1.29, 1.82) is 0 Å². The number of rotatable bonds is 4. The van der Waals surface area contributed by atoms with E-state index in [0.29, 0.717) is 11.1 Å². The second kappa shape index (κ2) is 5.77. The van der Waals surface area contributed by atoms with Crippen LogP contribution in [0.5, 0.6) is 0 Å². The highest BCUT2D eigenvalue weighted by molar-refractivity contribution is 9.10. The lowest BCUT2D eigenvalue weighted by molar-refractivity contribution is -0.131. The minimum Gasteiger partial charge on any atom is -0.478 e. The van der Waals surface area contributed by atoms with E-state index in [1.807, 2.05) is 13.0 Å². The lowest BCUT2D eigenvalue weighted by atomic mass is 9.99. The Bertz CT molecular complexity index is 476. The van der Waals surface area contributed by atoms with Crippen LogP contribution in [0.15, 0.2) is 24.3 Å². The van der Waals surface area contributed by atoms with Crippen LogP contribution in [-0.2, 0) is 4.79 Å². The van der Waals surface area contributed by atoms with Crippen molar-refractivity contribution in [1.82, 2.24) is 0 Å². The lowest BCUT2D eigenvalue weighted by Crippen LogP contribution is -2.11. The molecule has 0 bridgehead atoms. The number of aliphatic carboxylic acids is 1. The van der Waals surface area contributed by atoms with Gasteiger partial charge in [-0.3, -0.25) is 4.79 Å². The van der Waals surface area contributed by atoms with Crippen molar-refractivity contribution in [3.63, 3.8) is 0 Å². The van der Waals surface area contributed by atoms with Crippen LogP contribution in [0.2, 0.25) is 0 Å². The Morgan fingerprint density at radius 3 is 2.59 bits per heavy atom. The van der Waals surface area contributed by atoms with Crippen LogP contribution in [0.4, 0.5) is 0 Å². The van der Waals surface area contributed by atoms with Gasteiger partial charge in [0.1, 0.15) is 0 Å². The third kappa shape index (κ3) is 3.82. The summed E-state index contributed by atoms with van der Waals surface area (Å²) in [7, 11) is 0. The Hall–Kier alpha value is -1.42. The maximum atomic E-state index is 11.9. The Labute approximate surface area is 108 Å². The predicted octanol–water partition coefficient (Wildman–Crippen LogP) is 3.06. The molecule has 1 rings (SSSR count). The summed E-state index contributed by atoms with van der Waals surface area (Å²) >= 11 is 3.22. The van der Waals surface area contributed by atoms with Crippen molar-refractivity contribution < 1.29 is 14.7 Å². The molecule has 0 amide bonds. The number of alkyl halides is 1. The first-order valence-corrected chi connectivity index (χ1v) is 6.03. The number of ketones is 1. The molecular weight excluding hydrogens is 284 g/mol. The summed E-state index contributed by atoms with van der Waals surface area (Å²) in [5.41, 5.74) is 2.13. The van der Waals surface area contributed by atoms with E-state index >= 15 is 0 Å². The maximum absolute atomic E-state index is 11.9. The van der Waals surface area contributed by atoms with Crippen LogP contribution in [-0.4, -0.2) is 21.7 Å². The van der Waals surface area contributed by atoms with E-state index in [1.54, 1.807) is 19.1 Å². The Kier molecular flexibility index (Phi) is 4.63. The first kappa shape index (κ1) is 13.6. The SMILES string of the molecule is Cc1ccc(C(=O)C(C)Br)c(/C=C/C(=O)O)c1. The van der Waals surface area contributed by atoms with E-state index < -0.39 is 5.97 Å². The molecule has 0 heterocycles. The number of hydrogen-bond acceptors (Lipinski definition) is 2. The van der Waals surface area contributed by atoms with Gasteiger partial charge < -0.3 is 5.11 Å². The van der Waals surface area contributed by atoms with Gasteiger partial charge in [0.15, 0.2) is 5.78 Å². The van der Waals surface area contributed by atoms with Gasteiger partial charge in [0.25, 0.3) is 0 Å². The summed E-state index contributed by atoms with van der Waals surface area (Å²) in [6.45, 7) is 3.64. The smallest absolute Gasteiger partial charge is 0.328 e. The largest absolute Gasteiger partial charge is 0.478 e. The average molecular weight is 297 g/mol. The van der Waals surface area contributed by atoms with Gasteiger partial charge in [0, 0.05) is 11.6 Å². The van der Waals surface area contributed by atoms with E-state index in [4.69, 9.17) is 5.11 Å². The monoisotopic (exact) mass is 296 g/mol. The molecule has 4 heteroatoms. The highest BCUT2D eigenvalue weighted by Gasteiger charge is 2.14. The molecule has 1 aromatic rings. The minimum atomic E-state index is -1.03. The maximum Gasteiger partial charge on any atom is 0.328 e. The molecule has 0 aliphatic carbocycles. The van der Waals surface area contributed by atoms with Crippen LogP contribution in [0, 0.1) is 6.92 Å². The molecule has 0 aliphatic heterocycles. The zero-order valence-corrected chi connectivity index (χ0v) is 11.2. The van der Waals surface area contributed by atoms with E-state index in [1.165, 1.54) is 6.08 Å². The number of aryl methyl sites for hydroxylation is 1. The molecule has 0 aromatic heterocycles. The number of Topliss-reactive ketones (excluding diaryl/α,β-unsaturated/α-hetero) is 1. The Morgan fingerprint density at radius 1 is 1.41 bits per heavy atom. The molecule has 3 nitrogen and oxygen atoms in total. The van der Waals surface area contributed by atoms with Gasteiger partial charge in [-0.1, -0.05) is 39.7 Å². The first-order valence-electron chi connectivity index (χ1n) is 5.11. The number of benzene rings is 1. The molecule has 0 saturated heterocycles. The number of carboxylic acids is 1. The third-order valence-corrected chi connectivity index (χ3v) is 2.66. The first-order chi connectivity index (χ1) is 7.91. The molecule has 0 aliphatic rings. The number of carboxylic acid groups (broad SMARTS) is 1. The van der Waals surface area contributed by atoms with Gasteiger partial charge in [0.05, 0.1) is 4.83 Å². The van der Waals surface area contributed by atoms with Crippen molar-refractivity contribution in [2.24, 2.45) is 0 Å². The van der Waals surface area contributed by atoms with E-state index in [-0.39, 0.29) is 10.6 Å². The predicted molar refractivity (Wildman–Crippen MR) is 70.6 cm³/mol. The number of carbonyl (C=O) groups is 2. The summed E-state index contributed by atoms with van der Waals surface area (Å²) in [6.07, 6.45) is 2.47. The van der Waals surface area contributed by atoms with Crippen molar-refractivity contribution in [2.75, 3.05) is 0 Å². The zero-order chi connectivity index (χ0) is 13.0. The van der Waals surface area contributed by atoms with Gasteiger partial charge >= 0.3 is 5.97 Å². The normalized spacial score (nSPS) is 12.6. The fourth-order valence-electron chi connectivity index (χ4n) is 1.42. The summed E-state index contributed by atoms with van der Waals surface area (Å²) in [6, 6.07) is 5.35. The molecule has 1 aromatic carbocycles. The Balaban J connectivity index is 3.21. The molecular formula is C13H13BrO3. The highest BCUT2D eigenvalue weighted by atomic mass is 79.9. The third-order valence-electron chi connectivity index (χ3n) is 2.24. The molecule has 1 unspecified atom stereocenters. The van der Waals surface area contributed by atoms with Gasteiger partial charge in [-0.2, -0.15) is 0 Å². The van der Waals surface area contributed by atoms with Crippen LogP contribution < -0.4 is 0 Å². The molecule has 1 N–H and O–H groups in total. The van der Waals surface area contributed by atoms with Crippen molar-refractivity contribution in [3.8, 4) is 0 Å². The van der Waals surface area contributed by atoms with Crippen molar-refractivity contribution in [3.05, 3.63) is 41.0 Å². The van der Waals surface area contributed by atoms with Crippen molar-refractivity contribution >= 4 is 33.8 Å². The van der Waals surface area contributed by atoms with Gasteiger partial charge in [-0.15, -0.1) is 0 Å². The second-order valence-electron chi connectivity index (χ2n) is 3.74. The molecule has 0 spiro atoms. The fourth-order valence-corrected chi connectivity index (χ4v) is 1.67. The van der Waals surface area contributed by atoms with Gasteiger partial charge in [-0.25, -0.2) is 4.79 Å². The number of halogens is 1. The van der Waals surface area contributed by atoms with Crippen LogP contribution in [0.3, 0.4) is 0 Å². The van der Waals surface area contributed by atoms with Crippen LogP contribution >= 0.6 is 15.9 Å². The lowest BCUT2D eigenvalue weighted by Gasteiger charge is -2.07. The summed E-state index contributed by atoms with van der Waals surface area (Å²) in [5.74, 6) is -1.09. The average Bonchev–Trinajstić information content (AvgIpc) is 2.25. The van der Waals surface area contributed by atoms with Gasteiger partial charge in [-0.05, 0) is 25.5 Å². The summed E-state index contributed by atoms with van der Waals surface area (Å²) < 4.78 is 0. The molecule has 17 heavy (non-hydrogen) atoms. The second-order valence-corrected chi connectivity index (χ2v) is 5.12. The van der Waals surface area contributed by atoms with Crippen LogP contribution in [0.1, 0.15) is 28.4 Å². The molecule has 0 saturated carbocycles. The van der Waals surface area contributed by atoms with Crippen molar-refractivity contribution in [2.45, 2.75) is 18.7 Å². The molecule has 90 valence electrons. The van der Waals surface area contributed by atoms with Gasteiger partial charge in [0.2, 0.25) is 0 Å². The highest BCUT2D eigenvalue weighted by Crippen LogP contribution is 2.18. The molecule has 0 fully saturated rings. The Morgan fingerprint density at radius 2 is 2.06 bits per heavy atom. The minimum absolute atomic E-state index is 0.0601. The standard InChI is InChI=1S/C13H13BrO3/c1-8-3-5-11(13(17)9(2)14)10(7-8)4-6-12(15)16/h3-7,9H,1-2H3,(H,15,16)/b6-4+. The topological polar surface area (TPSA) is 54.4 Å². The fraction of sp³-hybridized carbons (Fsp3) is 0.231. The molecule has 1 atom stereocenters. The number of carbonyl (C=O) groups excluding carboxylic acids is 1. The van der Waals surface area contributed by atoms with E-state index in [2.05, 4.69) is 15.9 Å². The quantitative estimate of drug-likeness (QED) is 0.528. The zero-order valence-electron chi connectivity index (χ0n) is 9.61. The summed E-state index contributed by atoms with van der Waals surface area (Å²) in [4.78, 5) is 22.1. The molecule has 0 radical (unpaired) electrons. The van der Waals surface area contributed by atoms with Crippen LogP contribution in [0.25, 0.3) is 6.08 Å². The van der Waals surface area contributed by atoms with E-state index in [9.17, 15) is 9.59 Å². The number of hydrogen-bond donors (Lipinski definition) is 1. The summed E-state index contributed by atoms with van der Waals surface area (Å²) in [5, 5.41) is 8.60. The van der Waals surface area contributed by atoms with E-state index in [0.717, 1.165) is 11.6 Å².